The second-order valence-corrected chi connectivity index (χ2v) is 8.37. The summed E-state index contributed by atoms with van der Waals surface area (Å²) in [6.07, 6.45) is 0.690. The molecule has 5 rings (SSSR count). The molecule has 4 N–H and O–H groups in total. The fourth-order valence-electron chi connectivity index (χ4n) is 4.39. The number of nitrogens with zero attached hydrogens (tertiary/aromatic N) is 2. The average Bonchev–Trinajstić information content (AvgIpc) is 3.27. The van der Waals surface area contributed by atoms with Crippen LogP contribution in [-0.4, -0.2) is 33.3 Å². The molecule has 0 fully saturated rings. The molecule has 2 amide bonds. The van der Waals surface area contributed by atoms with E-state index in [1.54, 1.807) is 37.3 Å². The number of benzene rings is 2. The third-order valence-corrected chi connectivity index (χ3v) is 5.96. The molecule has 2 aromatic heterocycles. The van der Waals surface area contributed by atoms with Gasteiger partial charge < -0.3 is 15.6 Å². The number of halogens is 1. The van der Waals surface area contributed by atoms with Crippen molar-refractivity contribution < 1.29 is 14.0 Å². The summed E-state index contributed by atoms with van der Waals surface area (Å²) < 4.78 is 14.2. The zero-order valence-corrected chi connectivity index (χ0v) is 19.0. The number of carbonyl (C=O) groups is 2. The van der Waals surface area contributed by atoms with E-state index in [0.717, 1.165) is 22.2 Å². The van der Waals surface area contributed by atoms with Gasteiger partial charge in [0.15, 0.2) is 0 Å². The van der Waals surface area contributed by atoms with Crippen molar-refractivity contribution >= 4 is 40.0 Å². The lowest BCUT2D eigenvalue weighted by atomic mass is 10.0. The van der Waals surface area contributed by atoms with Crippen LogP contribution in [0.2, 0.25) is 0 Å². The van der Waals surface area contributed by atoms with Crippen molar-refractivity contribution in [3.63, 3.8) is 0 Å². The molecule has 3 heterocycles. The molecular formula is C25H23FN6O2. The molecule has 4 aromatic rings. The largest absolute Gasteiger partial charge is 0.370 e. The van der Waals surface area contributed by atoms with E-state index >= 15 is 0 Å². The van der Waals surface area contributed by atoms with Crippen molar-refractivity contribution in [3.05, 3.63) is 76.0 Å². The molecule has 0 aliphatic carbocycles. The van der Waals surface area contributed by atoms with Crippen molar-refractivity contribution in [2.75, 3.05) is 17.2 Å². The molecule has 0 saturated heterocycles. The number of aromatic nitrogens is 3. The van der Waals surface area contributed by atoms with Crippen LogP contribution in [0.1, 0.15) is 43.4 Å². The second kappa shape index (κ2) is 8.26. The predicted octanol–water partition coefficient (Wildman–Crippen LogP) is 4.30. The van der Waals surface area contributed by atoms with Crippen LogP contribution in [0, 0.1) is 26.6 Å². The van der Waals surface area contributed by atoms with E-state index in [0.29, 0.717) is 52.8 Å². The monoisotopic (exact) mass is 458 g/mol. The molecule has 0 saturated carbocycles. The second-order valence-electron chi connectivity index (χ2n) is 8.37. The van der Waals surface area contributed by atoms with Crippen molar-refractivity contribution in [1.82, 2.24) is 20.3 Å². The van der Waals surface area contributed by atoms with Crippen LogP contribution in [0.15, 0.2) is 36.4 Å². The lowest BCUT2D eigenvalue weighted by molar-refractivity contribution is 0.0879. The minimum Gasteiger partial charge on any atom is -0.370 e. The quantitative estimate of drug-likeness (QED) is 0.321. The van der Waals surface area contributed by atoms with Crippen LogP contribution >= 0.6 is 0 Å². The lowest BCUT2D eigenvalue weighted by Gasteiger charge is -2.11. The fourth-order valence-corrected chi connectivity index (χ4v) is 4.39. The maximum atomic E-state index is 14.2. The van der Waals surface area contributed by atoms with Gasteiger partial charge in [0.25, 0.3) is 11.8 Å². The molecule has 0 radical (unpaired) electrons. The van der Waals surface area contributed by atoms with Crippen molar-refractivity contribution in [2.45, 2.75) is 27.2 Å². The molecule has 2 aromatic carbocycles. The third kappa shape index (κ3) is 3.85. The first kappa shape index (κ1) is 21.6. The highest BCUT2D eigenvalue weighted by Crippen LogP contribution is 2.28. The first-order chi connectivity index (χ1) is 16.3. The van der Waals surface area contributed by atoms with E-state index in [9.17, 15) is 14.0 Å². The van der Waals surface area contributed by atoms with Gasteiger partial charge in [-0.2, -0.15) is 0 Å². The molecule has 9 heteroatoms. The highest BCUT2D eigenvalue weighted by Gasteiger charge is 2.26. The maximum Gasteiger partial charge on any atom is 0.259 e. The third-order valence-electron chi connectivity index (χ3n) is 5.96. The summed E-state index contributed by atoms with van der Waals surface area (Å²) in [7, 11) is 0. The summed E-state index contributed by atoms with van der Waals surface area (Å²) in [6.45, 7) is 6.33. The molecule has 1 aliphatic rings. The number of fused-ring (bicyclic) bond motifs is 2. The number of hydrogen-bond acceptors (Lipinski definition) is 6. The van der Waals surface area contributed by atoms with E-state index < -0.39 is 5.91 Å². The van der Waals surface area contributed by atoms with E-state index in [4.69, 9.17) is 0 Å². The van der Waals surface area contributed by atoms with Crippen LogP contribution in [-0.2, 0) is 6.42 Å². The number of rotatable bonds is 6. The average molecular weight is 458 g/mol. The molecule has 0 spiro atoms. The van der Waals surface area contributed by atoms with E-state index in [1.165, 1.54) is 6.07 Å². The van der Waals surface area contributed by atoms with Gasteiger partial charge in [-0.15, -0.1) is 0 Å². The summed E-state index contributed by atoms with van der Waals surface area (Å²) in [5.74, 6) is 0.721. The molecule has 8 nitrogen and oxygen atoms in total. The van der Waals surface area contributed by atoms with Gasteiger partial charge in [0.1, 0.15) is 23.3 Å². The Morgan fingerprint density at radius 3 is 2.53 bits per heavy atom. The smallest absolute Gasteiger partial charge is 0.259 e. The number of H-pyrrole nitrogens is 1. The number of anilines is 3. The van der Waals surface area contributed by atoms with E-state index in [2.05, 4.69) is 30.9 Å². The van der Waals surface area contributed by atoms with E-state index in [1.807, 2.05) is 13.8 Å². The molecule has 1 aliphatic heterocycles. The van der Waals surface area contributed by atoms with Crippen molar-refractivity contribution in [1.29, 1.82) is 0 Å². The maximum absolute atomic E-state index is 14.2. The van der Waals surface area contributed by atoms with Gasteiger partial charge in [-0.1, -0.05) is 6.07 Å². The zero-order valence-electron chi connectivity index (χ0n) is 19.0. The Labute approximate surface area is 195 Å². The number of amides is 2. The SMILES string of the molecule is Cc1nc(NCCc2c(C)[nH]c3c(F)ccc(C)c23)cc(Nc2ccc3c(c2)C(=O)NC3=O)n1. The first-order valence-corrected chi connectivity index (χ1v) is 10.9. The van der Waals surface area contributed by atoms with Crippen LogP contribution in [0.4, 0.5) is 21.7 Å². The molecule has 0 bridgehead atoms. The Morgan fingerprint density at radius 1 is 0.941 bits per heavy atom. The summed E-state index contributed by atoms with van der Waals surface area (Å²) in [4.78, 5) is 35.7. The number of nitrogens with one attached hydrogen (secondary N) is 4. The molecule has 0 unspecified atom stereocenters. The van der Waals surface area contributed by atoms with Gasteiger partial charge in [0.2, 0.25) is 0 Å². The highest BCUT2D eigenvalue weighted by molar-refractivity contribution is 6.21. The Balaban J connectivity index is 1.32. The number of aryl methyl sites for hydroxylation is 3. The van der Waals surface area contributed by atoms with Crippen LogP contribution in [0.3, 0.4) is 0 Å². The minimum absolute atomic E-state index is 0.251. The van der Waals surface area contributed by atoms with Crippen molar-refractivity contribution in [3.8, 4) is 0 Å². The molecule has 0 atom stereocenters. The van der Waals surface area contributed by atoms with Gasteiger partial charge in [0.05, 0.1) is 16.6 Å². The normalized spacial score (nSPS) is 12.7. The van der Waals surface area contributed by atoms with Crippen LogP contribution < -0.4 is 16.0 Å². The minimum atomic E-state index is -0.410. The number of carbonyl (C=O) groups excluding carboxylic acids is 2. The predicted molar refractivity (Wildman–Crippen MR) is 128 cm³/mol. The van der Waals surface area contributed by atoms with Gasteiger partial charge in [-0.25, -0.2) is 14.4 Å². The molecular weight excluding hydrogens is 435 g/mol. The number of aromatic amines is 1. The summed E-state index contributed by atoms with van der Waals surface area (Å²) >= 11 is 0. The highest BCUT2D eigenvalue weighted by atomic mass is 19.1. The fraction of sp³-hybridized carbons (Fsp3) is 0.200. The molecule has 34 heavy (non-hydrogen) atoms. The lowest BCUT2D eigenvalue weighted by Crippen LogP contribution is -2.19. The van der Waals surface area contributed by atoms with Gasteiger partial charge >= 0.3 is 0 Å². The zero-order chi connectivity index (χ0) is 24.0. The first-order valence-electron chi connectivity index (χ1n) is 10.9. The number of imide groups is 1. The Hall–Kier alpha value is -4.27. The summed E-state index contributed by atoms with van der Waals surface area (Å²) in [5.41, 5.74) is 4.94. The van der Waals surface area contributed by atoms with Crippen molar-refractivity contribution in [2.24, 2.45) is 0 Å². The Kier molecular flexibility index (Phi) is 5.24. The van der Waals surface area contributed by atoms with Gasteiger partial charge in [0, 0.05) is 29.4 Å². The summed E-state index contributed by atoms with van der Waals surface area (Å²) in [5, 5.41) is 9.71. The Morgan fingerprint density at radius 2 is 1.71 bits per heavy atom. The Bertz CT molecular complexity index is 1480. The molecule has 172 valence electrons. The van der Waals surface area contributed by atoms with Crippen LogP contribution in [0.5, 0.6) is 0 Å². The van der Waals surface area contributed by atoms with Gasteiger partial charge in [-0.05, 0) is 62.6 Å². The summed E-state index contributed by atoms with van der Waals surface area (Å²) in [6, 6.07) is 10.0. The van der Waals surface area contributed by atoms with Gasteiger partial charge in [-0.3, -0.25) is 14.9 Å². The van der Waals surface area contributed by atoms with E-state index in [-0.39, 0.29) is 11.7 Å². The standard InChI is InChI=1S/C25H23FN6O2/c1-12-4-7-19(26)23-22(12)16(13(2)28-23)8-9-27-20-11-21(30-14(3)29-20)31-15-5-6-17-18(10-15)25(34)32-24(17)33/h4-7,10-11,28H,8-9H2,1-3H3,(H,32,33,34)(H2,27,29,30,31). The topological polar surface area (TPSA) is 112 Å². The number of hydrogen-bond donors (Lipinski definition) is 4. The van der Waals surface area contributed by atoms with Crippen LogP contribution in [0.25, 0.3) is 10.9 Å².